The smallest absolute Gasteiger partial charge is 0.256 e. The third-order valence-corrected chi connectivity index (χ3v) is 3.47. The minimum atomic E-state index is -0.269. The van der Waals surface area contributed by atoms with Crippen LogP contribution in [0.1, 0.15) is 24.2 Å². The lowest BCUT2D eigenvalue weighted by molar-refractivity contribution is 0.102. The molecule has 0 aliphatic carbocycles. The molecule has 128 valence electrons. The molecule has 0 fully saturated rings. The molecule has 0 bridgehead atoms. The van der Waals surface area contributed by atoms with Crippen molar-refractivity contribution >= 4 is 11.7 Å². The van der Waals surface area contributed by atoms with Gasteiger partial charge in [0.25, 0.3) is 5.91 Å². The van der Waals surface area contributed by atoms with Crippen molar-refractivity contribution in [2.24, 2.45) is 5.92 Å². The first-order valence-corrected chi connectivity index (χ1v) is 8.05. The maximum absolute atomic E-state index is 12.3. The Labute approximate surface area is 145 Å². The number of hydrogen-bond acceptors (Lipinski definition) is 5. The summed E-state index contributed by atoms with van der Waals surface area (Å²) in [6.45, 7) is 4.84. The minimum absolute atomic E-state index is 0.269. The SMILES string of the molecule is CC(C)COc1ccc(-c2nonc2NC(=O)c2ccccc2)cc1. The van der Waals surface area contributed by atoms with Crippen molar-refractivity contribution in [1.82, 2.24) is 10.3 Å². The lowest BCUT2D eigenvalue weighted by Crippen LogP contribution is -2.12. The highest BCUT2D eigenvalue weighted by molar-refractivity contribution is 6.05. The second kappa shape index (κ2) is 7.61. The fourth-order valence-electron chi connectivity index (χ4n) is 2.20. The van der Waals surface area contributed by atoms with Gasteiger partial charge in [0.05, 0.1) is 6.61 Å². The highest BCUT2D eigenvalue weighted by atomic mass is 16.6. The van der Waals surface area contributed by atoms with Crippen LogP contribution in [0.5, 0.6) is 5.75 Å². The number of carbonyl (C=O) groups excluding carboxylic acids is 1. The van der Waals surface area contributed by atoms with Gasteiger partial charge >= 0.3 is 0 Å². The molecule has 3 aromatic rings. The van der Waals surface area contributed by atoms with Crippen LogP contribution in [0.2, 0.25) is 0 Å². The second-order valence-corrected chi connectivity index (χ2v) is 6.01. The highest BCUT2D eigenvalue weighted by Crippen LogP contribution is 2.26. The quantitative estimate of drug-likeness (QED) is 0.735. The van der Waals surface area contributed by atoms with Gasteiger partial charge in [-0.05, 0) is 52.6 Å². The minimum Gasteiger partial charge on any atom is -0.493 e. The number of aromatic nitrogens is 2. The zero-order valence-electron chi connectivity index (χ0n) is 14.1. The molecule has 0 saturated heterocycles. The van der Waals surface area contributed by atoms with E-state index in [1.165, 1.54) is 0 Å². The monoisotopic (exact) mass is 337 g/mol. The Bertz CT molecular complexity index is 827. The number of rotatable bonds is 6. The fourth-order valence-corrected chi connectivity index (χ4v) is 2.20. The predicted octanol–water partition coefficient (Wildman–Crippen LogP) is 4.02. The van der Waals surface area contributed by atoms with Gasteiger partial charge in [0, 0.05) is 11.1 Å². The van der Waals surface area contributed by atoms with Crippen molar-refractivity contribution in [3.63, 3.8) is 0 Å². The summed E-state index contributed by atoms with van der Waals surface area (Å²) in [6.07, 6.45) is 0. The number of anilines is 1. The summed E-state index contributed by atoms with van der Waals surface area (Å²) >= 11 is 0. The van der Waals surface area contributed by atoms with Crippen LogP contribution in [-0.4, -0.2) is 22.8 Å². The van der Waals surface area contributed by atoms with E-state index in [-0.39, 0.29) is 11.7 Å². The zero-order chi connectivity index (χ0) is 17.6. The summed E-state index contributed by atoms with van der Waals surface area (Å²) < 4.78 is 10.5. The molecule has 2 aromatic carbocycles. The van der Waals surface area contributed by atoms with Crippen molar-refractivity contribution in [3.05, 3.63) is 60.2 Å². The van der Waals surface area contributed by atoms with Crippen LogP contribution in [0.25, 0.3) is 11.3 Å². The summed E-state index contributed by atoms with van der Waals surface area (Å²) in [5.41, 5.74) is 1.79. The van der Waals surface area contributed by atoms with Crippen molar-refractivity contribution in [2.45, 2.75) is 13.8 Å². The first-order chi connectivity index (χ1) is 12.1. The second-order valence-electron chi connectivity index (χ2n) is 6.01. The summed E-state index contributed by atoms with van der Waals surface area (Å²) in [7, 11) is 0. The van der Waals surface area contributed by atoms with Gasteiger partial charge in [-0.1, -0.05) is 32.0 Å². The van der Waals surface area contributed by atoms with Gasteiger partial charge in [-0.3, -0.25) is 4.79 Å². The first-order valence-electron chi connectivity index (χ1n) is 8.05. The Kier molecular flexibility index (Phi) is 5.09. The molecule has 0 aliphatic rings. The van der Waals surface area contributed by atoms with E-state index in [1.54, 1.807) is 24.3 Å². The van der Waals surface area contributed by atoms with Crippen LogP contribution >= 0.6 is 0 Å². The summed E-state index contributed by atoms with van der Waals surface area (Å²) in [5.74, 6) is 1.25. The molecule has 0 aliphatic heterocycles. The van der Waals surface area contributed by atoms with E-state index in [0.717, 1.165) is 11.3 Å². The van der Waals surface area contributed by atoms with E-state index in [1.807, 2.05) is 30.3 Å². The largest absolute Gasteiger partial charge is 0.493 e. The number of nitrogens with one attached hydrogen (secondary N) is 1. The van der Waals surface area contributed by atoms with Crippen LogP contribution in [-0.2, 0) is 0 Å². The van der Waals surface area contributed by atoms with Gasteiger partial charge in [-0.2, -0.15) is 0 Å². The van der Waals surface area contributed by atoms with Crippen molar-refractivity contribution in [3.8, 4) is 17.0 Å². The molecule has 1 N–H and O–H groups in total. The lowest BCUT2D eigenvalue weighted by Gasteiger charge is -2.09. The molecule has 6 heteroatoms. The number of benzene rings is 2. The molecule has 0 radical (unpaired) electrons. The Balaban J connectivity index is 1.74. The number of amides is 1. The van der Waals surface area contributed by atoms with E-state index in [0.29, 0.717) is 23.8 Å². The molecule has 0 spiro atoms. The zero-order valence-corrected chi connectivity index (χ0v) is 14.1. The van der Waals surface area contributed by atoms with Crippen molar-refractivity contribution in [1.29, 1.82) is 0 Å². The summed E-state index contributed by atoms with van der Waals surface area (Å²) in [4.78, 5) is 12.3. The third-order valence-electron chi connectivity index (χ3n) is 3.47. The van der Waals surface area contributed by atoms with Crippen LogP contribution < -0.4 is 10.1 Å². The van der Waals surface area contributed by atoms with Gasteiger partial charge in [0.2, 0.25) is 5.82 Å². The van der Waals surface area contributed by atoms with Crippen LogP contribution in [0.4, 0.5) is 5.82 Å². The number of hydrogen-bond donors (Lipinski definition) is 1. The molecule has 1 amide bonds. The molecule has 3 rings (SSSR count). The topological polar surface area (TPSA) is 77.2 Å². The maximum atomic E-state index is 12.3. The number of nitrogens with zero attached hydrogens (tertiary/aromatic N) is 2. The van der Waals surface area contributed by atoms with E-state index in [9.17, 15) is 4.79 Å². The average molecular weight is 337 g/mol. The van der Waals surface area contributed by atoms with Crippen molar-refractivity contribution < 1.29 is 14.2 Å². The Morgan fingerprint density at radius 1 is 1.08 bits per heavy atom. The summed E-state index contributed by atoms with van der Waals surface area (Å²) in [5, 5.41) is 10.4. The molecule has 0 atom stereocenters. The molecule has 0 saturated carbocycles. The molecule has 25 heavy (non-hydrogen) atoms. The Morgan fingerprint density at radius 2 is 1.80 bits per heavy atom. The molecule has 1 heterocycles. The normalized spacial score (nSPS) is 10.7. The standard InChI is InChI=1S/C19H19N3O3/c1-13(2)12-24-16-10-8-14(9-11-16)17-18(22-25-21-17)20-19(23)15-6-4-3-5-7-15/h3-11,13H,12H2,1-2H3,(H,20,22,23). The lowest BCUT2D eigenvalue weighted by atomic mass is 10.1. The molecule has 0 unspecified atom stereocenters. The van der Waals surface area contributed by atoms with Gasteiger partial charge in [0.15, 0.2) is 5.69 Å². The number of carbonyl (C=O) groups is 1. The maximum Gasteiger partial charge on any atom is 0.256 e. The molecule has 1 aromatic heterocycles. The van der Waals surface area contributed by atoms with Gasteiger partial charge in [0.1, 0.15) is 5.75 Å². The molecule has 6 nitrogen and oxygen atoms in total. The first kappa shape index (κ1) is 16.7. The van der Waals surface area contributed by atoms with E-state index in [2.05, 4.69) is 29.5 Å². The highest BCUT2D eigenvalue weighted by Gasteiger charge is 2.16. The Hall–Kier alpha value is -3.15. The van der Waals surface area contributed by atoms with E-state index in [4.69, 9.17) is 9.37 Å². The van der Waals surface area contributed by atoms with E-state index < -0.39 is 0 Å². The number of ether oxygens (including phenoxy) is 1. The van der Waals surface area contributed by atoms with Crippen LogP contribution in [0.15, 0.2) is 59.2 Å². The van der Waals surface area contributed by atoms with Crippen LogP contribution in [0, 0.1) is 5.92 Å². The summed E-state index contributed by atoms with van der Waals surface area (Å²) in [6, 6.07) is 16.3. The van der Waals surface area contributed by atoms with Crippen LogP contribution in [0.3, 0.4) is 0 Å². The Morgan fingerprint density at radius 3 is 2.48 bits per heavy atom. The van der Waals surface area contributed by atoms with E-state index >= 15 is 0 Å². The average Bonchev–Trinajstić information content (AvgIpc) is 3.09. The fraction of sp³-hybridized carbons (Fsp3) is 0.211. The predicted molar refractivity (Wildman–Crippen MR) is 94.5 cm³/mol. The van der Waals surface area contributed by atoms with Crippen molar-refractivity contribution in [2.75, 3.05) is 11.9 Å². The van der Waals surface area contributed by atoms with Gasteiger partial charge in [-0.15, -0.1) is 0 Å². The van der Waals surface area contributed by atoms with Gasteiger partial charge < -0.3 is 10.1 Å². The third kappa shape index (κ3) is 4.23. The van der Waals surface area contributed by atoms with Gasteiger partial charge in [-0.25, -0.2) is 4.63 Å². The molecular formula is C19H19N3O3. The molecular weight excluding hydrogens is 318 g/mol.